The minimum Gasteiger partial charge on any atom is -0.345 e. The quantitative estimate of drug-likeness (QED) is 0.809. The molecule has 2 fully saturated rings. The van der Waals surface area contributed by atoms with E-state index in [2.05, 4.69) is 4.98 Å². The molecule has 0 radical (unpaired) electrons. The van der Waals surface area contributed by atoms with E-state index in [0.29, 0.717) is 18.8 Å². The van der Waals surface area contributed by atoms with Crippen molar-refractivity contribution in [1.29, 1.82) is 0 Å². The number of likely N-dealkylation sites (tertiary alicyclic amines) is 2. The van der Waals surface area contributed by atoms with E-state index in [0.717, 1.165) is 36.7 Å². The Balaban J connectivity index is 1.57. The second-order valence-electron chi connectivity index (χ2n) is 6.98. The second-order valence-corrected chi connectivity index (χ2v) is 6.98. The minimum absolute atomic E-state index is 0.0707. The summed E-state index contributed by atoms with van der Waals surface area (Å²) < 4.78 is 0. The van der Waals surface area contributed by atoms with E-state index in [4.69, 9.17) is 0 Å². The molecule has 1 unspecified atom stereocenters. The van der Waals surface area contributed by atoms with Crippen LogP contribution in [0, 0.1) is 5.41 Å². The van der Waals surface area contributed by atoms with E-state index in [1.54, 1.807) is 11.0 Å². The first-order chi connectivity index (χ1) is 11.6. The van der Waals surface area contributed by atoms with Crippen LogP contribution >= 0.6 is 0 Å². The summed E-state index contributed by atoms with van der Waals surface area (Å²) in [4.78, 5) is 33.6. The summed E-state index contributed by atoms with van der Waals surface area (Å²) in [6, 6.07) is 11.5. The monoisotopic (exact) mass is 323 g/mol. The van der Waals surface area contributed by atoms with Gasteiger partial charge in [-0.05, 0) is 31.4 Å². The van der Waals surface area contributed by atoms with Crippen LogP contribution in [0.5, 0.6) is 0 Å². The Morgan fingerprint density at radius 1 is 1.12 bits per heavy atom. The van der Waals surface area contributed by atoms with Crippen LogP contribution in [-0.4, -0.2) is 53.3 Å². The average molecular weight is 323 g/mol. The van der Waals surface area contributed by atoms with Crippen molar-refractivity contribution in [1.82, 2.24) is 14.8 Å². The number of carbonyl (C=O) groups is 2. The SMILES string of the molecule is CN1CCCC2(CCN(C(=O)c3ccc4ccccc4n3)C2)C1=O. The van der Waals surface area contributed by atoms with Gasteiger partial charge in [0.25, 0.3) is 5.91 Å². The molecule has 1 spiro atoms. The van der Waals surface area contributed by atoms with Gasteiger partial charge in [0.2, 0.25) is 5.91 Å². The third kappa shape index (κ3) is 2.35. The van der Waals surface area contributed by atoms with E-state index in [9.17, 15) is 9.59 Å². The van der Waals surface area contributed by atoms with Crippen molar-refractivity contribution in [2.45, 2.75) is 19.3 Å². The molecular weight excluding hydrogens is 302 g/mol. The van der Waals surface area contributed by atoms with Crippen molar-refractivity contribution in [3.05, 3.63) is 42.1 Å². The lowest BCUT2D eigenvalue weighted by atomic mass is 9.78. The smallest absolute Gasteiger partial charge is 0.272 e. The number of aromatic nitrogens is 1. The molecule has 0 aliphatic carbocycles. The van der Waals surface area contributed by atoms with Gasteiger partial charge in [-0.2, -0.15) is 0 Å². The van der Waals surface area contributed by atoms with E-state index in [-0.39, 0.29) is 17.2 Å². The average Bonchev–Trinajstić information content (AvgIpc) is 3.04. The highest BCUT2D eigenvalue weighted by atomic mass is 16.2. The summed E-state index contributed by atoms with van der Waals surface area (Å²) in [5.41, 5.74) is 0.910. The van der Waals surface area contributed by atoms with Gasteiger partial charge in [0.1, 0.15) is 5.69 Å². The number of pyridine rings is 1. The number of amides is 2. The van der Waals surface area contributed by atoms with E-state index < -0.39 is 0 Å². The molecule has 0 N–H and O–H groups in total. The van der Waals surface area contributed by atoms with Crippen LogP contribution in [-0.2, 0) is 4.79 Å². The molecule has 4 rings (SSSR count). The minimum atomic E-state index is -0.375. The van der Waals surface area contributed by atoms with Crippen LogP contribution in [0.3, 0.4) is 0 Å². The molecule has 24 heavy (non-hydrogen) atoms. The van der Waals surface area contributed by atoms with Crippen molar-refractivity contribution < 1.29 is 9.59 Å². The Labute approximate surface area is 141 Å². The van der Waals surface area contributed by atoms with Crippen LogP contribution in [0.25, 0.3) is 10.9 Å². The van der Waals surface area contributed by atoms with E-state index in [1.165, 1.54) is 0 Å². The van der Waals surface area contributed by atoms with Gasteiger partial charge >= 0.3 is 0 Å². The number of para-hydroxylation sites is 1. The van der Waals surface area contributed by atoms with Gasteiger partial charge in [0, 0.05) is 32.1 Å². The maximum atomic E-state index is 12.8. The fourth-order valence-corrected chi connectivity index (χ4v) is 4.04. The van der Waals surface area contributed by atoms with Crippen LogP contribution in [0.1, 0.15) is 29.8 Å². The zero-order valence-electron chi connectivity index (χ0n) is 13.9. The van der Waals surface area contributed by atoms with Crippen LogP contribution in [0.2, 0.25) is 0 Å². The number of carbonyl (C=O) groups excluding carboxylic acids is 2. The van der Waals surface area contributed by atoms with Gasteiger partial charge in [-0.3, -0.25) is 9.59 Å². The topological polar surface area (TPSA) is 53.5 Å². The van der Waals surface area contributed by atoms with Gasteiger partial charge in [-0.25, -0.2) is 4.98 Å². The van der Waals surface area contributed by atoms with Gasteiger partial charge in [0.05, 0.1) is 10.9 Å². The molecule has 5 heteroatoms. The normalized spacial score (nSPS) is 24.1. The van der Waals surface area contributed by atoms with Gasteiger partial charge in [-0.15, -0.1) is 0 Å². The summed E-state index contributed by atoms with van der Waals surface area (Å²) in [6.45, 7) is 1.97. The van der Waals surface area contributed by atoms with Crippen LogP contribution in [0.15, 0.2) is 36.4 Å². The summed E-state index contributed by atoms with van der Waals surface area (Å²) in [5, 5.41) is 1.02. The van der Waals surface area contributed by atoms with Crippen LogP contribution in [0.4, 0.5) is 0 Å². The first kappa shape index (κ1) is 15.1. The van der Waals surface area contributed by atoms with E-state index in [1.807, 2.05) is 42.3 Å². The van der Waals surface area contributed by atoms with Gasteiger partial charge in [0.15, 0.2) is 0 Å². The number of hydrogen-bond acceptors (Lipinski definition) is 3. The zero-order valence-corrected chi connectivity index (χ0v) is 13.9. The van der Waals surface area contributed by atoms with Gasteiger partial charge in [-0.1, -0.05) is 24.3 Å². The highest BCUT2D eigenvalue weighted by Gasteiger charge is 2.48. The Hall–Kier alpha value is -2.43. The lowest BCUT2D eigenvalue weighted by Crippen LogP contribution is -2.48. The first-order valence-electron chi connectivity index (χ1n) is 8.50. The maximum absolute atomic E-state index is 12.8. The van der Waals surface area contributed by atoms with Crippen molar-refractivity contribution >= 4 is 22.7 Å². The summed E-state index contributed by atoms with van der Waals surface area (Å²) in [7, 11) is 1.86. The van der Waals surface area contributed by atoms with Gasteiger partial charge < -0.3 is 9.80 Å². The molecule has 1 aromatic carbocycles. The molecule has 1 aromatic heterocycles. The molecule has 2 aromatic rings. The number of piperidine rings is 1. The van der Waals surface area contributed by atoms with Crippen LogP contribution < -0.4 is 0 Å². The second kappa shape index (κ2) is 5.58. The third-order valence-electron chi connectivity index (χ3n) is 5.41. The van der Waals surface area contributed by atoms with Crippen molar-refractivity contribution in [2.75, 3.05) is 26.7 Å². The maximum Gasteiger partial charge on any atom is 0.272 e. The van der Waals surface area contributed by atoms with Crippen molar-refractivity contribution in [3.63, 3.8) is 0 Å². The Kier molecular flexibility index (Phi) is 3.52. The third-order valence-corrected chi connectivity index (χ3v) is 5.41. The molecule has 2 aliphatic heterocycles. The standard InChI is InChI=1S/C19H21N3O2/c1-21-11-4-9-19(18(21)24)10-12-22(13-19)17(23)16-8-7-14-5-2-3-6-15(14)20-16/h2-3,5-8H,4,9-13H2,1H3. The largest absolute Gasteiger partial charge is 0.345 e. The number of fused-ring (bicyclic) bond motifs is 1. The molecule has 2 saturated heterocycles. The molecule has 2 aliphatic rings. The summed E-state index contributed by atoms with van der Waals surface area (Å²) >= 11 is 0. The molecule has 2 amide bonds. The molecule has 0 saturated carbocycles. The Morgan fingerprint density at radius 3 is 2.83 bits per heavy atom. The number of benzene rings is 1. The molecule has 3 heterocycles. The Bertz CT molecular complexity index is 819. The molecular formula is C19H21N3O2. The lowest BCUT2D eigenvalue weighted by Gasteiger charge is -2.37. The molecule has 0 bridgehead atoms. The zero-order chi connectivity index (χ0) is 16.7. The van der Waals surface area contributed by atoms with E-state index >= 15 is 0 Å². The fraction of sp³-hybridized carbons (Fsp3) is 0.421. The first-order valence-corrected chi connectivity index (χ1v) is 8.50. The highest BCUT2D eigenvalue weighted by Crippen LogP contribution is 2.40. The lowest BCUT2D eigenvalue weighted by molar-refractivity contribution is -0.143. The van der Waals surface area contributed by atoms with Crippen molar-refractivity contribution in [3.8, 4) is 0 Å². The summed E-state index contributed by atoms with van der Waals surface area (Å²) in [6.07, 6.45) is 2.65. The fourth-order valence-electron chi connectivity index (χ4n) is 4.04. The number of rotatable bonds is 1. The highest BCUT2D eigenvalue weighted by molar-refractivity contribution is 5.96. The molecule has 124 valence electrons. The predicted molar refractivity (Wildman–Crippen MR) is 91.6 cm³/mol. The van der Waals surface area contributed by atoms with Crippen molar-refractivity contribution in [2.24, 2.45) is 5.41 Å². The Morgan fingerprint density at radius 2 is 1.96 bits per heavy atom. The number of nitrogens with zero attached hydrogens (tertiary/aromatic N) is 3. The predicted octanol–water partition coefficient (Wildman–Crippen LogP) is 2.32. The number of hydrogen-bond donors (Lipinski definition) is 0. The summed E-state index contributed by atoms with van der Waals surface area (Å²) in [5.74, 6) is 0.120. The molecule has 1 atom stereocenters. The molecule has 5 nitrogen and oxygen atoms in total.